The molecule has 4 rings (SSSR count). The van der Waals surface area contributed by atoms with Gasteiger partial charge in [0.25, 0.3) is 0 Å². The Balaban J connectivity index is 0.000000248. The molecule has 0 atom stereocenters. The zero-order valence-electron chi connectivity index (χ0n) is 21.0. The van der Waals surface area contributed by atoms with Gasteiger partial charge in [0.2, 0.25) is 0 Å². The molecule has 0 unspecified atom stereocenters. The summed E-state index contributed by atoms with van der Waals surface area (Å²) < 4.78 is 0. The van der Waals surface area contributed by atoms with Crippen molar-refractivity contribution >= 4 is 13.5 Å². The van der Waals surface area contributed by atoms with Crippen LogP contribution in [0.15, 0.2) is 121 Å². The predicted octanol–water partition coefficient (Wildman–Crippen LogP) is 7.39. The first-order chi connectivity index (χ1) is 16.8. The Morgan fingerprint density at radius 1 is 0.559 bits per heavy atom. The molecule has 0 heterocycles. The summed E-state index contributed by atoms with van der Waals surface area (Å²) in [5.41, 5.74) is 5.39. The number of benzene rings is 4. The number of hydrogen-bond donors (Lipinski definition) is 0. The molecule has 2 heteroatoms. The van der Waals surface area contributed by atoms with E-state index in [1.165, 1.54) is 35.1 Å². The first kappa shape index (κ1) is 25.4. The van der Waals surface area contributed by atoms with E-state index in [4.69, 9.17) is 0 Å². The van der Waals surface area contributed by atoms with Crippen molar-refractivity contribution in [3.05, 3.63) is 138 Å². The van der Waals surface area contributed by atoms with E-state index in [0.29, 0.717) is 0 Å². The van der Waals surface area contributed by atoms with Crippen molar-refractivity contribution in [2.24, 2.45) is 0 Å². The van der Waals surface area contributed by atoms with Crippen molar-refractivity contribution in [3.63, 3.8) is 0 Å². The third kappa shape index (κ3) is 6.20. The minimum atomic E-state index is -0.0697. The van der Waals surface area contributed by atoms with E-state index < -0.39 is 0 Å². The van der Waals surface area contributed by atoms with Crippen LogP contribution in [0.3, 0.4) is 0 Å². The van der Waals surface area contributed by atoms with Crippen LogP contribution in [0, 0.1) is 0 Å². The molecule has 174 valence electrons. The Bertz CT molecular complexity index is 949. The van der Waals surface area contributed by atoms with Gasteiger partial charge in [-0.05, 0) is 49.1 Å². The summed E-state index contributed by atoms with van der Waals surface area (Å²) >= 11 is 0. The lowest BCUT2D eigenvalue weighted by atomic mass is 9.66. The second-order valence-electron chi connectivity index (χ2n) is 8.61. The van der Waals surface area contributed by atoms with Gasteiger partial charge in [0.1, 0.15) is 7.85 Å². The monoisotopic (exact) mass is 447 g/mol. The highest BCUT2D eigenvalue weighted by Gasteiger charge is 2.35. The van der Waals surface area contributed by atoms with E-state index in [2.05, 4.69) is 142 Å². The van der Waals surface area contributed by atoms with E-state index in [1.54, 1.807) is 0 Å². The van der Waals surface area contributed by atoms with Gasteiger partial charge in [0.05, 0.1) is 0 Å². The van der Waals surface area contributed by atoms with Crippen LogP contribution in [-0.2, 0) is 5.41 Å². The highest BCUT2D eigenvalue weighted by Crippen LogP contribution is 2.43. The molecule has 34 heavy (non-hydrogen) atoms. The van der Waals surface area contributed by atoms with Crippen molar-refractivity contribution in [2.45, 2.75) is 38.4 Å². The largest absolute Gasteiger partial charge is 0.372 e. The van der Waals surface area contributed by atoms with Crippen molar-refractivity contribution < 1.29 is 0 Å². The quantitative estimate of drug-likeness (QED) is 0.191. The minimum Gasteiger partial charge on any atom is -0.372 e. The van der Waals surface area contributed by atoms with Gasteiger partial charge in [0.15, 0.2) is 0 Å². The normalized spacial score (nSPS) is 10.8. The summed E-state index contributed by atoms with van der Waals surface area (Å²) in [5, 5.41) is 0. The third-order valence-corrected chi connectivity index (χ3v) is 6.59. The molecular weight excluding hydrogens is 409 g/mol. The summed E-state index contributed by atoms with van der Waals surface area (Å²) in [4.78, 5) is 2.33. The van der Waals surface area contributed by atoms with E-state index >= 15 is 0 Å². The molecule has 0 fully saturated rings. The summed E-state index contributed by atoms with van der Waals surface area (Å²) in [7, 11) is 2.27. The van der Waals surface area contributed by atoms with Crippen molar-refractivity contribution in [1.29, 1.82) is 0 Å². The van der Waals surface area contributed by atoms with Crippen molar-refractivity contribution in [2.75, 3.05) is 18.0 Å². The van der Waals surface area contributed by atoms with Crippen LogP contribution >= 0.6 is 0 Å². The standard InChI is InChI=1S/C22H23B.C10H15N/c23-18-10-17-22(19-11-4-1-5-12-19,20-13-6-2-7-14-20)21-15-8-3-9-16-21;1-3-11(4-2)10-8-6-5-7-9-10/h1-9,11-16H,10,17-18,23H2;5-9H,3-4H2,1-2H3. The maximum atomic E-state index is 2.33. The zero-order valence-corrected chi connectivity index (χ0v) is 21.0. The third-order valence-electron chi connectivity index (χ3n) is 6.59. The van der Waals surface area contributed by atoms with Crippen LogP contribution in [-0.4, -0.2) is 20.9 Å². The maximum absolute atomic E-state index is 2.33. The second-order valence-corrected chi connectivity index (χ2v) is 8.61. The van der Waals surface area contributed by atoms with Gasteiger partial charge in [-0.3, -0.25) is 0 Å². The molecule has 0 aliphatic heterocycles. The first-order valence-corrected chi connectivity index (χ1v) is 12.7. The highest BCUT2D eigenvalue weighted by molar-refractivity contribution is 6.08. The topological polar surface area (TPSA) is 3.24 Å². The fourth-order valence-electron chi connectivity index (χ4n) is 4.77. The molecule has 1 nitrogen and oxygen atoms in total. The average molecular weight is 447 g/mol. The van der Waals surface area contributed by atoms with Gasteiger partial charge in [-0.1, -0.05) is 122 Å². The molecule has 4 aromatic rings. The van der Waals surface area contributed by atoms with Gasteiger partial charge in [-0.2, -0.15) is 0 Å². The van der Waals surface area contributed by atoms with Crippen molar-refractivity contribution in [1.82, 2.24) is 0 Å². The SMILES string of the molecule is BCCCC(c1ccccc1)(c1ccccc1)c1ccccc1.CCN(CC)c1ccccc1. The molecule has 0 amide bonds. The van der Waals surface area contributed by atoms with Crippen LogP contribution < -0.4 is 4.90 Å². The Labute approximate surface area is 207 Å². The predicted molar refractivity (Wildman–Crippen MR) is 152 cm³/mol. The van der Waals surface area contributed by atoms with Crippen LogP contribution in [0.2, 0.25) is 6.32 Å². The minimum absolute atomic E-state index is 0.0697. The number of para-hydroxylation sites is 1. The van der Waals surface area contributed by atoms with Gasteiger partial charge in [-0.15, -0.1) is 0 Å². The fraction of sp³-hybridized carbons (Fsp3) is 0.250. The Hall–Kier alpha value is -3.26. The van der Waals surface area contributed by atoms with Crippen LogP contribution in [0.1, 0.15) is 43.4 Å². The average Bonchev–Trinajstić information content (AvgIpc) is 2.93. The Morgan fingerprint density at radius 3 is 1.24 bits per heavy atom. The van der Waals surface area contributed by atoms with Crippen LogP contribution in [0.4, 0.5) is 5.69 Å². The molecule has 4 aromatic carbocycles. The number of nitrogens with zero attached hydrogens (tertiary/aromatic N) is 1. The van der Waals surface area contributed by atoms with Crippen LogP contribution in [0.5, 0.6) is 0 Å². The summed E-state index contributed by atoms with van der Waals surface area (Å²) in [6.07, 6.45) is 3.54. The lowest BCUT2D eigenvalue weighted by Gasteiger charge is -2.36. The van der Waals surface area contributed by atoms with Gasteiger partial charge < -0.3 is 4.90 Å². The molecule has 0 saturated carbocycles. The lowest BCUT2D eigenvalue weighted by Crippen LogP contribution is -2.29. The van der Waals surface area contributed by atoms with Crippen LogP contribution in [0.25, 0.3) is 0 Å². The van der Waals surface area contributed by atoms with Gasteiger partial charge in [0, 0.05) is 24.2 Å². The molecule has 0 aromatic heterocycles. The maximum Gasteiger partial charge on any atom is 0.101 e. The molecule has 0 bridgehead atoms. The Kier molecular flexibility index (Phi) is 10.0. The molecule has 0 N–H and O–H groups in total. The number of anilines is 1. The Morgan fingerprint density at radius 2 is 0.912 bits per heavy atom. The molecule has 0 aliphatic carbocycles. The highest BCUT2D eigenvalue weighted by atomic mass is 15.1. The summed E-state index contributed by atoms with van der Waals surface area (Å²) in [6, 6.07) is 43.4. The number of hydrogen-bond acceptors (Lipinski definition) is 1. The van der Waals surface area contributed by atoms with E-state index in [-0.39, 0.29) is 5.41 Å². The molecule has 0 radical (unpaired) electrons. The van der Waals surface area contributed by atoms with Gasteiger partial charge in [-0.25, -0.2) is 0 Å². The first-order valence-electron chi connectivity index (χ1n) is 12.7. The molecular formula is C32H38BN. The molecule has 0 spiro atoms. The molecule has 0 saturated heterocycles. The van der Waals surface area contributed by atoms with E-state index in [1.807, 2.05) is 6.07 Å². The molecule has 0 aliphatic rings. The van der Waals surface area contributed by atoms with E-state index in [0.717, 1.165) is 19.5 Å². The summed E-state index contributed by atoms with van der Waals surface area (Å²) in [5.74, 6) is 0. The van der Waals surface area contributed by atoms with Crippen molar-refractivity contribution in [3.8, 4) is 0 Å². The lowest BCUT2D eigenvalue weighted by molar-refractivity contribution is 0.550. The smallest absolute Gasteiger partial charge is 0.101 e. The fourth-order valence-corrected chi connectivity index (χ4v) is 4.77. The second kappa shape index (κ2) is 13.5. The van der Waals surface area contributed by atoms with Gasteiger partial charge >= 0.3 is 0 Å². The van der Waals surface area contributed by atoms with E-state index in [9.17, 15) is 0 Å². The number of rotatable bonds is 9. The zero-order chi connectivity index (χ0) is 24.1. The summed E-state index contributed by atoms with van der Waals surface area (Å²) in [6.45, 7) is 6.52.